The van der Waals surface area contributed by atoms with Crippen LogP contribution in [0.4, 0.5) is 0 Å². The first kappa shape index (κ1) is 13.8. The lowest BCUT2D eigenvalue weighted by Gasteiger charge is -2.36. The van der Waals surface area contributed by atoms with Crippen molar-refractivity contribution in [3.63, 3.8) is 0 Å². The van der Waals surface area contributed by atoms with Gasteiger partial charge in [-0.2, -0.15) is 0 Å². The van der Waals surface area contributed by atoms with E-state index in [1.807, 2.05) is 13.8 Å². The molecule has 0 aliphatic heterocycles. The molecule has 1 aliphatic carbocycles. The molecule has 1 fully saturated rings. The van der Waals surface area contributed by atoms with Gasteiger partial charge in [0, 0.05) is 5.88 Å². The Bertz CT molecular complexity index is 225. The molecule has 4 heteroatoms. The lowest BCUT2D eigenvalue weighted by atomic mass is 9.83. The molecule has 3 nitrogen and oxygen atoms in total. The zero-order chi connectivity index (χ0) is 12.0. The quantitative estimate of drug-likeness (QED) is 0.758. The minimum atomic E-state index is -0.183. The Kier molecular flexibility index (Phi) is 5.56. The first-order valence-electron chi connectivity index (χ1n) is 6.06. The van der Waals surface area contributed by atoms with Crippen LogP contribution in [-0.4, -0.2) is 30.0 Å². The summed E-state index contributed by atoms with van der Waals surface area (Å²) in [5.74, 6) is 0.455. The molecule has 1 saturated carbocycles. The highest BCUT2D eigenvalue weighted by atomic mass is 35.5. The Morgan fingerprint density at radius 3 is 2.50 bits per heavy atom. The van der Waals surface area contributed by atoms with Crippen LogP contribution < -0.4 is 5.32 Å². The summed E-state index contributed by atoms with van der Waals surface area (Å²) >= 11 is 5.99. The summed E-state index contributed by atoms with van der Waals surface area (Å²) in [6, 6.07) is 0. The Hall–Kier alpha value is -0.280. The van der Waals surface area contributed by atoms with Gasteiger partial charge in [0.2, 0.25) is 5.91 Å². The number of rotatable bonds is 5. The fraction of sp³-hybridized carbons (Fsp3) is 0.917. The van der Waals surface area contributed by atoms with Crippen LogP contribution in [0, 0.1) is 0 Å². The molecule has 0 radical (unpaired) electrons. The van der Waals surface area contributed by atoms with Gasteiger partial charge in [-0.3, -0.25) is 4.79 Å². The third-order valence-electron chi connectivity index (χ3n) is 3.02. The molecule has 0 saturated heterocycles. The number of carbonyl (C=O) groups excluding carboxylic acids is 1. The van der Waals surface area contributed by atoms with E-state index in [1.54, 1.807) is 0 Å². The normalized spacial score (nSPS) is 19.8. The van der Waals surface area contributed by atoms with Gasteiger partial charge in [-0.15, -0.1) is 11.6 Å². The molecule has 1 amide bonds. The molecule has 1 N–H and O–H groups in total. The molecule has 0 spiro atoms. The second-order valence-electron chi connectivity index (χ2n) is 4.88. The van der Waals surface area contributed by atoms with Crippen molar-refractivity contribution in [2.24, 2.45) is 0 Å². The summed E-state index contributed by atoms with van der Waals surface area (Å²) in [5.41, 5.74) is -0.183. The van der Waals surface area contributed by atoms with Crippen LogP contribution in [0.5, 0.6) is 0 Å². The SMILES string of the molecule is CC(C)OCC(=O)NC1(CCl)CCCCC1. The van der Waals surface area contributed by atoms with E-state index >= 15 is 0 Å². The van der Waals surface area contributed by atoms with Crippen molar-refractivity contribution in [2.75, 3.05) is 12.5 Å². The zero-order valence-corrected chi connectivity index (χ0v) is 11.0. The number of nitrogens with one attached hydrogen (secondary N) is 1. The van der Waals surface area contributed by atoms with Gasteiger partial charge in [-0.05, 0) is 26.7 Å². The molecular formula is C12H22ClNO2. The van der Waals surface area contributed by atoms with E-state index in [0.29, 0.717) is 5.88 Å². The number of carbonyl (C=O) groups is 1. The minimum Gasteiger partial charge on any atom is -0.369 e. The van der Waals surface area contributed by atoms with E-state index < -0.39 is 0 Å². The van der Waals surface area contributed by atoms with Crippen molar-refractivity contribution in [2.45, 2.75) is 57.6 Å². The van der Waals surface area contributed by atoms with Gasteiger partial charge in [-0.25, -0.2) is 0 Å². The third kappa shape index (κ3) is 4.30. The molecule has 0 atom stereocenters. The smallest absolute Gasteiger partial charge is 0.246 e. The third-order valence-corrected chi connectivity index (χ3v) is 3.53. The van der Waals surface area contributed by atoms with Crippen LogP contribution in [0.25, 0.3) is 0 Å². The summed E-state index contributed by atoms with van der Waals surface area (Å²) in [7, 11) is 0. The number of hydrogen-bond acceptors (Lipinski definition) is 2. The Balaban J connectivity index is 2.39. The minimum absolute atomic E-state index is 0.0451. The van der Waals surface area contributed by atoms with Gasteiger partial charge in [0.1, 0.15) is 6.61 Å². The molecule has 1 aliphatic rings. The summed E-state index contributed by atoms with van der Waals surface area (Å²) in [6.45, 7) is 3.98. The molecule has 16 heavy (non-hydrogen) atoms. The van der Waals surface area contributed by atoms with Crippen LogP contribution in [0.15, 0.2) is 0 Å². The second kappa shape index (κ2) is 6.45. The molecule has 0 aromatic rings. The molecule has 0 unspecified atom stereocenters. The largest absolute Gasteiger partial charge is 0.369 e. The maximum Gasteiger partial charge on any atom is 0.246 e. The predicted octanol–water partition coefficient (Wildman–Crippen LogP) is 2.47. The average molecular weight is 248 g/mol. The first-order chi connectivity index (χ1) is 7.58. The van der Waals surface area contributed by atoms with Gasteiger partial charge in [0.05, 0.1) is 11.6 Å². The zero-order valence-electron chi connectivity index (χ0n) is 10.2. The van der Waals surface area contributed by atoms with Crippen LogP contribution in [0.1, 0.15) is 46.0 Å². The van der Waals surface area contributed by atoms with Gasteiger partial charge in [-0.1, -0.05) is 19.3 Å². The van der Waals surface area contributed by atoms with Gasteiger partial charge >= 0.3 is 0 Å². The number of amides is 1. The van der Waals surface area contributed by atoms with Crippen molar-refractivity contribution in [3.8, 4) is 0 Å². The Morgan fingerprint density at radius 1 is 1.38 bits per heavy atom. The molecule has 94 valence electrons. The van der Waals surface area contributed by atoms with E-state index in [-0.39, 0.29) is 24.2 Å². The summed E-state index contributed by atoms with van der Waals surface area (Å²) in [6.07, 6.45) is 5.62. The van der Waals surface area contributed by atoms with Crippen LogP contribution in [0.2, 0.25) is 0 Å². The topological polar surface area (TPSA) is 38.3 Å². The molecular weight excluding hydrogens is 226 g/mol. The molecule has 0 bridgehead atoms. The average Bonchev–Trinajstić information content (AvgIpc) is 2.28. The molecule has 0 aromatic carbocycles. The predicted molar refractivity (Wildman–Crippen MR) is 65.8 cm³/mol. The van der Waals surface area contributed by atoms with Gasteiger partial charge in [0.15, 0.2) is 0 Å². The molecule has 1 rings (SSSR count). The van der Waals surface area contributed by atoms with E-state index in [0.717, 1.165) is 25.7 Å². The summed E-state index contributed by atoms with van der Waals surface area (Å²) in [5, 5.41) is 3.04. The number of alkyl halides is 1. The van der Waals surface area contributed by atoms with Crippen molar-refractivity contribution in [1.29, 1.82) is 0 Å². The Labute approximate surface area is 103 Å². The van der Waals surface area contributed by atoms with Crippen molar-refractivity contribution in [3.05, 3.63) is 0 Å². The highest BCUT2D eigenvalue weighted by Crippen LogP contribution is 2.29. The van der Waals surface area contributed by atoms with Gasteiger partial charge < -0.3 is 10.1 Å². The fourth-order valence-corrected chi connectivity index (χ4v) is 2.43. The fourth-order valence-electron chi connectivity index (χ4n) is 2.09. The summed E-state index contributed by atoms with van der Waals surface area (Å²) < 4.78 is 5.28. The number of hydrogen-bond donors (Lipinski definition) is 1. The van der Waals surface area contributed by atoms with Crippen molar-refractivity contribution in [1.82, 2.24) is 5.32 Å². The lowest BCUT2D eigenvalue weighted by Crippen LogP contribution is -2.52. The maximum atomic E-state index is 11.7. The molecule has 0 heterocycles. The monoisotopic (exact) mass is 247 g/mol. The van der Waals surface area contributed by atoms with E-state index in [1.165, 1.54) is 6.42 Å². The number of ether oxygens (including phenoxy) is 1. The maximum absolute atomic E-state index is 11.7. The summed E-state index contributed by atoms with van der Waals surface area (Å²) in [4.78, 5) is 11.7. The lowest BCUT2D eigenvalue weighted by molar-refractivity contribution is -0.129. The van der Waals surface area contributed by atoms with Gasteiger partial charge in [0.25, 0.3) is 0 Å². The molecule has 0 aromatic heterocycles. The Morgan fingerprint density at radius 2 is 2.00 bits per heavy atom. The highest BCUT2D eigenvalue weighted by Gasteiger charge is 2.32. The van der Waals surface area contributed by atoms with Crippen LogP contribution in [-0.2, 0) is 9.53 Å². The highest BCUT2D eigenvalue weighted by molar-refractivity contribution is 6.18. The number of halogens is 1. The first-order valence-corrected chi connectivity index (χ1v) is 6.60. The van der Waals surface area contributed by atoms with E-state index in [4.69, 9.17) is 16.3 Å². The standard InChI is InChI=1S/C12H22ClNO2/c1-10(2)16-8-11(15)14-12(9-13)6-4-3-5-7-12/h10H,3-9H2,1-2H3,(H,14,15). The van der Waals surface area contributed by atoms with E-state index in [9.17, 15) is 4.79 Å². The van der Waals surface area contributed by atoms with Crippen LogP contribution >= 0.6 is 11.6 Å². The van der Waals surface area contributed by atoms with Crippen molar-refractivity contribution < 1.29 is 9.53 Å². The second-order valence-corrected chi connectivity index (χ2v) is 5.15. The van der Waals surface area contributed by atoms with Crippen LogP contribution in [0.3, 0.4) is 0 Å². The van der Waals surface area contributed by atoms with Crippen molar-refractivity contribution >= 4 is 17.5 Å². The van der Waals surface area contributed by atoms with E-state index in [2.05, 4.69) is 5.32 Å².